The van der Waals surface area contributed by atoms with E-state index in [1.165, 1.54) is 44.1 Å². The molecule has 197 valence electrons. The van der Waals surface area contributed by atoms with Gasteiger partial charge in [-0.05, 0) is 99.2 Å². The highest BCUT2D eigenvalue weighted by Gasteiger charge is 2.61. The van der Waals surface area contributed by atoms with Gasteiger partial charge in [0.25, 0.3) is 0 Å². The molecule has 3 saturated carbocycles. The van der Waals surface area contributed by atoms with Crippen molar-refractivity contribution in [2.45, 2.75) is 119 Å². The van der Waals surface area contributed by atoms with Crippen molar-refractivity contribution in [3.63, 3.8) is 0 Å². The third-order valence-corrected chi connectivity index (χ3v) is 11.6. The summed E-state index contributed by atoms with van der Waals surface area (Å²) in [5, 5.41) is 11.3. The summed E-state index contributed by atoms with van der Waals surface area (Å²) in [4.78, 5) is 12.6. The largest absolute Gasteiger partial charge is 0.458 e. The van der Waals surface area contributed by atoms with Gasteiger partial charge in [-0.15, -0.1) is 0 Å². The van der Waals surface area contributed by atoms with Crippen LogP contribution in [0.4, 0.5) is 0 Å². The van der Waals surface area contributed by atoms with Crippen molar-refractivity contribution < 1.29 is 16.1 Å². The number of hydrogen-bond acceptors (Lipinski definition) is 3. The van der Waals surface area contributed by atoms with Crippen LogP contribution in [-0.2, 0) is 9.53 Å². The minimum atomic E-state index is -0.190. The normalized spacial score (nSPS) is 45.6. The van der Waals surface area contributed by atoms with E-state index < -0.39 is 0 Å². The molecule has 0 saturated heterocycles. The SMILES string of the molecule is C.CCC1=C(C)CC([C@@H](C)C2CCC3C4CC=C5CC(C)C[C@H](O)[C@]5(C)C4CC[C@@]32C)OC1=O.[2HH].[B]. The van der Waals surface area contributed by atoms with Crippen molar-refractivity contribution >= 4 is 14.4 Å². The lowest BCUT2D eigenvalue weighted by Gasteiger charge is -2.60. The Kier molecular flexibility index (Phi) is 8.18. The summed E-state index contributed by atoms with van der Waals surface area (Å²) in [7, 11) is 0. The van der Waals surface area contributed by atoms with Crippen molar-refractivity contribution in [1.82, 2.24) is 0 Å². The van der Waals surface area contributed by atoms with Crippen LogP contribution < -0.4 is 0 Å². The van der Waals surface area contributed by atoms with E-state index in [4.69, 9.17) is 4.74 Å². The number of cyclic esters (lactones) is 1. The van der Waals surface area contributed by atoms with Crippen LogP contribution >= 0.6 is 0 Å². The smallest absolute Gasteiger partial charge is 0.334 e. The molecule has 4 heteroatoms. The second kappa shape index (κ2) is 10.0. The number of allylic oxidation sites excluding steroid dienone is 1. The highest BCUT2D eigenvalue weighted by molar-refractivity contribution is 5.90. The fourth-order valence-corrected chi connectivity index (χ4v) is 9.70. The Morgan fingerprint density at radius 2 is 1.91 bits per heavy atom. The van der Waals surface area contributed by atoms with E-state index in [-0.39, 0.29) is 40.9 Å². The molecule has 3 radical (unpaired) electrons. The molecule has 3 nitrogen and oxygen atoms in total. The van der Waals surface area contributed by atoms with E-state index in [1.807, 2.05) is 0 Å². The molecule has 6 unspecified atom stereocenters. The Hall–Kier alpha value is -1.03. The second-order valence-corrected chi connectivity index (χ2v) is 13.0. The molecule has 0 aromatic rings. The van der Waals surface area contributed by atoms with Gasteiger partial charge in [-0.25, -0.2) is 4.79 Å². The van der Waals surface area contributed by atoms with Gasteiger partial charge in [-0.3, -0.25) is 0 Å². The maximum Gasteiger partial charge on any atom is 0.334 e. The number of ether oxygens (including phenoxy) is 1. The predicted molar refractivity (Wildman–Crippen MR) is 147 cm³/mol. The van der Waals surface area contributed by atoms with Crippen molar-refractivity contribution in [2.75, 3.05) is 0 Å². The molecule has 0 aromatic heterocycles. The summed E-state index contributed by atoms with van der Waals surface area (Å²) >= 11 is 0. The molecular formula is C31H52BO3. The molecule has 0 amide bonds. The summed E-state index contributed by atoms with van der Waals surface area (Å²) in [6.07, 6.45) is 12.5. The highest BCUT2D eigenvalue weighted by atomic mass is 16.5. The van der Waals surface area contributed by atoms with Crippen LogP contribution in [0.1, 0.15) is 108 Å². The first kappa shape index (κ1) is 28.5. The van der Waals surface area contributed by atoms with Crippen LogP contribution in [0.25, 0.3) is 0 Å². The van der Waals surface area contributed by atoms with Gasteiger partial charge in [0, 0.05) is 27.2 Å². The predicted octanol–water partition coefficient (Wildman–Crippen LogP) is 7.35. The zero-order valence-corrected chi connectivity index (χ0v) is 22.4. The van der Waals surface area contributed by atoms with Crippen LogP contribution in [0.3, 0.4) is 0 Å². The Bertz CT molecular complexity index is 883. The van der Waals surface area contributed by atoms with Crippen LogP contribution in [-0.4, -0.2) is 31.7 Å². The lowest BCUT2D eigenvalue weighted by atomic mass is 9.46. The van der Waals surface area contributed by atoms with E-state index in [0.717, 1.165) is 30.8 Å². The van der Waals surface area contributed by atoms with E-state index in [9.17, 15) is 9.90 Å². The van der Waals surface area contributed by atoms with Gasteiger partial charge in [0.15, 0.2) is 0 Å². The molecule has 1 N–H and O–H groups in total. The van der Waals surface area contributed by atoms with E-state index >= 15 is 0 Å². The van der Waals surface area contributed by atoms with E-state index in [0.29, 0.717) is 35.0 Å². The topological polar surface area (TPSA) is 46.5 Å². The van der Waals surface area contributed by atoms with Gasteiger partial charge in [0.1, 0.15) is 6.10 Å². The molecule has 35 heavy (non-hydrogen) atoms. The first-order valence-corrected chi connectivity index (χ1v) is 13.9. The quantitative estimate of drug-likeness (QED) is 0.259. The fraction of sp³-hybridized carbons (Fsp3) is 0.839. The number of aliphatic hydroxyl groups excluding tert-OH is 1. The van der Waals surface area contributed by atoms with Gasteiger partial charge in [0.05, 0.1) is 6.10 Å². The molecule has 3 fully saturated rings. The number of aliphatic hydroxyl groups is 1. The van der Waals surface area contributed by atoms with Crippen LogP contribution in [0.15, 0.2) is 22.8 Å². The molecular weight excluding hydrogens is 431 g/mol. The summed E-state index contributed by atoms with van der Waals surface area (Å²) < 4.78 is 6.04. The molecule has 0 bridgehead atoms. The summed E-state index contributed by atoms with van der Waals surface area (Å²) in [5.41, 5.74) is 4.01. The maximum atomic E-state index is 12.6. The van der Waals surface area contributed by atoms with Crippen molar-refractivity contribution in [1.29, 1.82) is 0 Å². The van der Waals surface area contributed by atoms with Gasteiger partial charge >= 0.3 is 5.97 Å². The first-order chi connectivity index (χ1) is 15.6. The first-order valence-electron chi connectivity index (χ1n) is 13.9. The molecule has 1 heterocycles. The summed E-state index contributed by atoms with van der Waals surface area (Å²) in [6.45, 7) is 13.8. The Morgan fingerprint density at radius 1 is 1.20 bits per heavy atom. The monoisotopic (exact) mass is 484 g/mol. The Balaban J connectivity index is 0.00000152. The lowest BCUT2D eigenvalue weighted by Crippen LogP contribution is -2.55. The molecule has 4 aliphatic carbocycles. The van der Waals surface area contributed by atoms with Crippen LogP contribution in [0.5, 0.6) is 0 Å². The number of hydrogen-bond donors (Lipinski definition) is 1. The number of carbonyl (C=O) groups is 1. The van der Waals surface area contributed by atoms with Crippen molar-refractivity contribution in [2.24, 2.45) is 46.3 Å². The van der Waals surface area contributed by atoms with Gasteiger partial charge in [0.2, 0.25) is 0 Å². The molecule has 0 aromatic carbocycles. The average Bonchev–Trinajstić information content (AvgIpc) is 3.11. The van der Waals surface area contributed by atoms with E-state index in [1.54, 1.807) is 5.57 Å². The van der Waals surface area contributed by atoms with Crippen molar-refractivity contribution in [3.8, 4) is 0 Å². The summed E-state index contributed by atoms with van der Waals surface area (Å²) in [6, 6.07) is 0. The van der Waals surface area contributed by atoms with Gasteiger partial charge < -0.3 is 9.84 Å². The molecule has 10 atom stereocenters. The standard InChI is InChI=1S/C30H46O3.CH4.B.H2/c1-7-21-18(3)16-26(33-28(21)32)19(4)23-10-11-24-22-9-8-20-14-17(2)15-27(31)30(20,6)25(22)12-13-29(23,24)5;;;/h8,17,19,22-27,31H,7,9-16H2,1-6H3;1H4;;1H/t17?,19-,22?,23?,24?,25?,26?,27-,29+,30-;;;/m0.../s1/i;;;1+1. The number of esters is 1. The van der Waals surface area contributed by atoms with Crippen molar-refractivity contribution in [3.05, 3.63) is 22.8 Å². The maximum absolute atomic E-state index is 12.6. The molecule has 5 aliphatic rings. The minimum Gasteiger partial charge on any atom is -0.458 e. The zero-order chi connectivity index (χ0) is 23.7. The van der Waals surface area contributed by atoms with Crippen LogP contribution in [0.2, 0.25) is 0 Å². The van der Waals surface area contributed by atoms with Gasteiger partial charge in [-0.1, -0.05) is 59.3 Å². The number of rotatable bonds is 3. The molecule has 0 spiro atoms. The minimum absolute atomic E-state index is 0. The average molecular weight is 485 g/mol. The fourth-order valence-electron chi connectivity index (χ4n) is 9.70. The van der Waals surface area contributed by atoms with Crippen LogP contribution in [0, 0.1) is 46.3 Å². The van der Waals surface area contributed by atoms with E-state index in [2.05, 4.69) is 47.6 Å². The van der Waals surface area contributed by atoms with Gasteiger partial charge in [-0.2, -0.15) is 0 Å². The summed E-state index contributed by atoms with van der Waals surface area (Å²) in [5.74, 6) is 3.60. The highest BCUT2D eigenvalue weighted by Crippen LogP contribution is 2.67. The Labute approximate surface area is 218 Å². The second-order valence-electron chi connectivity index (χ2n) is 13.0. The molecule has 5 rings (SSSR count). The third kappa shape index (κ3) is 4.18. The third-order valence-electron chi connectivity index (χ3n) is 11.6. The Morgan fingerprint density at radius 3 is 2.57 bits per heavy atom. The number of carbonyl (C=O) groups excluding carboxylic acids is 1. The molecule has 1 aliphatic heterocycles. The zero-order valence-electron chi connectivity index (χ0n) is 22.4. The lowest BCUT2D eigenvalue weighted by molar-refractivity contribution is -0.152. The number of fused-ring (bicyclic) bond motifs is 5.